The molecule has 8 nitrogen and oxygen atoms in total. The molecule has 1 aromatic carbocycles. The van der Waals surface area contributed by atoms with Gasteiger partial charge < -0.3 is 5.32 Å². The molecule has 1 fully saturated rings. The van der Waals surface area contributed by atoms with Gasteiger partial charge >= 0.3 is 0 Å². The standard InChI is InChI=1S/C16H22N2O6S2/c1-12(19)13-3-5-14(6-4-13)26(23,24)17-9-7-15(20)18-16(2)8-10-25(21,22)11-16/h3-6,17H,7-11H2,1-2H3,(H,18,20). The first-order valence-corrected chi connectivity index (χ1v) is 11.4. The van der Waals surface area contributed by atoms with Crippen molar-refractivity contribution in [3.8, 4) is 0 Å². The Kier molecular flexibility index (Phi) is 5.89. The van der Waals surface area contributed by atoms with Crippen LogP contribution in [0.25, 0.3) is 0 Å². The molecule has 2 N–H and O–H groups in total. The Balaban J connectivity index is 1.88. The molecule has 1 amide bonds. The topological polar surface area (TPSA) is 126 Å². The minimum absolute atomic E-state index is 0.00300. The summed E-state index contributed by atoms with van der Waals surface area (Å²) in [4.78, 5) is 23.2. The average Bonchev–Trinajstić information content (AvgIpc) is 2.80. The van der Waals surface area contributed by atoms with Crippen LogP contribution in [0.2, 0.25) is 0 Å². The van der Waals surface area contributed by atoms with Gasteiger partial charge in [-0.05, 0) is 32.4 Å². The summed E-state index contributed by atoms with van der Waals surface area (Å²) in [7, 11) is -6.94. The Bertz CT molecular complexity index is 907. The van der Waals surface area contributed by atoms with Gasteiger partial charge in [-0.2, -0.15) is 0 Å². The van der Waals surface area contributed by atoms with Gasteiger partial charge in [0.2, 0.25) is 15.9 Å². The summed E-state index contributed by atoms with van der Waals surface area (Å²) in [6, 6.07) is 5.49. The van der Waals surface area contributed by atoms with Gasteiger partial charge in [0.1, 0.15) is 0 Å². The first kappa shape index (κ1) is 20.5. The predicted molar refractivity (Wildman–Crippen MR) is 96.1 cm³/mol. The summed E-state index contributed by atoms with van der Waals surface area (Å²) in [6.45, 7) is 2.93. The molecule has 1 saturated heterocycles. The second-order valence-electron chi connectivity index (χ2n) is 6.68. The van der Waals surface area contributed by atoms with E-state index in [0.29, 0.717) is 12.0 Å². The Labute approximate surface area is 153 Å². The third kappa shape index (κ3) is 5.36. The second kappa shape index (κ2) is 7.45. The van der Waals surface area contributed by atoms with Crippen LogP contribution in [0.3, 0.4) is 0 Å². The molecular weight excluding hydrogens is 380 g/mol. The summed E-state index contributed by atoms with van der Waals surface area (Å²) in [6.07, 6.45) is 0.232. The normalized spacial score (nSPS) is 22.1. The Morgan fingerprint density at radius 1 is 1.19 bits per heavy atom. The highest BCUT2D eigenvalue weighted by molar-refractivity contribution is 7.91. The molecule has 1 atom stereocenters. The number of hydrogen-bond acceptors (Lipinski definition) is 6. The molecule has 26 heavy (non-hydrogen) atoms. The van der Waals surface area contributed by atoms with E-state index in [-0.39, 0.29) is 35.2 Å². The third-order valence-corrected chi connectivity index (χ3v) is 7.54. The van der Waals surface area contributed by atoms with Gasteiger partial charge in [0.25, 0.3) is 0 Å². The quantitative estimate of drug-likeness (QED) is 0.630. The molecule has 1 heterocycles. The number of hydrogen-bond donors (Lipinski definition) is 2. The lowest BCUT2D eigenvalue weighted by Gasteiger charge is -2.23. The Morgan fingerprint density at radius 3 is 2.31 bits per heavy atom. The zero-order valence-electron chi connectivity index (χ0n) is 14.6. The fourth-order valence-electron chi connectivity index (χ4n) is 2.76. The van der Waals surface area contributed by atoms with Crippen molar-refractivity contribution in [2.24, 2.45) is 0 Å². The minimum Gasteiger partial charge on any atom is -0.350 e. The van der Waals surface area contributed by atoms with Gasteiger partial charge in [-0.3, -0.25) is 9.59 Å². The molecule has 10 heteroatoms. The predicted octanol–water partition coefficient (Wildman–Crippen LogP) is 0.251. The molecule has 1 unspecified atom stereocenters. The number of carbonyl (C=O) groups is 2. The molecule has 1 aromatic rings. The lowest BCUT2D eigenvalue weighted by molar-refractivity contribution is -0.122. The van der Waals surface area contributed by atoms with Crippen LogP contribution in [0.15, 0.2) is 29.2 Å². The van der Waals surface area contributed by atoms with Crippen LogP contribution in [-0.4, -0.2) is 52.1 Å². The summed E-state index contributed by atoms with van der Waals surface area (Å²) in [5, 5.41) is 2.67. The molecule has 1 aliphatic rings. The maximum Gasteiger partial charge on any atom is 0.240 e. The van der Waals surface area contributed by atoms with E-state index in [1.54, 1.807) is 6.92 Å². The third-order valence-electron chi connectivity index (χ3n) is 4.16. The number of sulfone groups is 1. The van der Waals surface area contributed by atoms with Crippen LogP contribution in [0.4, 0.5) is 0 Å². The van der Waals surface area contributed by atoms with Gasteiger partial charge in [-0.1, -0.05) is 12.1 Å². The Morgan fingerprint density at radius 2 is 1.81 bits per heavy atom. The molecule has 1 aliphatic heterocycles. The van der Waals surface area contributed by atoms with E-state index in [1.165, 1.54) is 31.2 Å². The molecule has 0 bridgehead atoms. The van der Waals surface area contributed by atoms with Gasteiger partial charge in [-0.25, -0.2) is 21.6 Å². The summed E-state index contributed by atoms with van der Waals surface area (Å²) >= 11 is 0. The van der Waals surface area contributed by atoms with Crippen molar-refractivity contribution in [2.75, 3.05) is 18.1 Å². The molecule has 0 radical (unpaired) electrons. The van der Waals surface area contributed by atoms with Crippen molar-refractivity contribution < 1.29 is 26.4 Å². The number of amides is 1. The maximum atomic E-state index is 12.2. The lowest BCUT2D eigenvalue weighted by Crippen LogP contribution is -2.47. The van der Waals surface area contributed by atoms with Crippen molar-refractivity contribution in [2.45, 2.75) is 37.1 Å². The van der Waals surface area contributed by atoms with Crippen molar-refractivity contribution in [1.82, 2.24) is 10.0 Å². The highest BCUT2D eigenvalue weighted by Crippen LogP contribution is 2.22. The minimum atomic E-state index is -3.80. The van der Waals surface area contributed by atoms with Gasteiger partial charge in [0.15, 0.2) is 15.6 Å². The number of carbonyl (C=O) groups excluding carboxylic acids is 2. The monoisotopic (exact) mass is 402 g/mol. The van der Waals surface area contributed by atoms with Crippen molar-refractivity contribution in [3.05, 3.63) is 29.8 Å². The average molecular weight is 402 g/mol. The smallest absolute Gasteiger partial charge is 0.240 e. The van der Waals surface area contributed by atoms with E-state index in [0.717, 1.165) is 0 Å². The van der Waals surface area contributed by atoms with Crippen molar-refractivity contribution in [1.29, 1.82) is 0 Å². The van der Waals surface area contributed by atoms with Gasteiger partial charge in [0.05, 0.1) is 21.9 Å². The number of sulfonamides is 1. The second-order valence-corrected chi connectivity index (χ2v) is 10.6. The van der Waals surface area contributed by atoms with Crippen LogP contribution in [0, 0.1) is 0 Å². The number of benzene rings is 1. The van der Waals surface area contributed by atoms with Crippen LogP contribution >= 0.6 is 0 Å². The largest absolute Gasteiger partial charge is 0.350 e. The summed E-state index contributed by atoms with van der Waals surface area (Å²) < 4.78 is 49.7. The molecule has 2 rings (SSSR count). The molecular formula is C16H22N2O6S2. The van der Waals surface area contributed by atoms with E-state index in [4.69, 9.17) is 0 Å². The molecule has 0 spiro atoms. The van der Waals surface area contributed by atoms with E-state index >= 15 is 0 Å². The first-order valence-electron chi connectivity index (χ1n) is 8.05. The van der Waals surface area contributed by atoms with E-state index in [2.05, 4.69) is 10.0 Å². The maximum absolute atomic E-state index is 12.2. The molecule has 0 saturated carbocycles. The van der Waals surface area contributed by atoms with Crippen molar-refractivity contribution >= 4 is 31.6 Å². The Hall–Kier alpha value is -1.78. The van der Waals surface area contributed by atoms with Crippen LogP contribution in [-0.2, 0) is 24.7 Å². The van der Waals surface area contributed by atoms with E-state index in [9.17, 15) is 26.4 Å². The highest BCUT2D eigenvalue weighted by atomic mass is 32.2. The van der Waals surface area contributed by atoms with E-state index in [1.807, 2.05) is 0 Å². The molecule has 0 aromatic heterocycles. The van der Waals surface area contributed by atoms with Crippen molar-refractivity contribution in [3.63, 3.8) is 0 Å². The van der Waals surface area contributed by atoms with E-state index < -0.39 is 31.3 Å². The van der Waals surface area contributed by atoms with Crippen LogP contribution < -0.4 is 10.0 Å². The zero-order valence-corrected chi connectivity index (χ0v) is 16.2. The number of ketones is 1. The highest BCUT2D eigenvalue weighted by Gasteiger charge is 2.39. The van der Waals surface area contributed by atoms with Gasteiger partial charge in [-0.15, -0.1) is 0 Å². The summed E-state index contributed by atoms with van der Waals surface area (Å²) in [5.74, 6) is -0.660. The zero-order chi connectivity index (χ0) is 19.6. The summed E-state index contributed by atoms with van der Waals surface area (Å²) in [5.41, 5.74) is -0.403. The van der Waals surface area contributed by atoms with Gasteiger partial charge in [0, 0.05) is 18.5 Å². The first-order chi connectivity index (χ1) is 11.9. The van der Waals surface area contributed by atoms with Crippen LogP contribution in [0.1, 0.15) is 37.0 Å². The molecule has 144 valence electrons. The number of nitrogens with one attached hydrogen (secondary N) is 2. The molecule has 0 aliphatic carbocycles. The SMILES string of the molecule is CC(=O)c1ccc(S(=O)(=O)NCCC(=O)NC2(C)CCS(=O)(=O)C2)cc1. The van der Waals surface area contributed by atoms with Crippen LogP contribution in [0.5, 0.6) is 0 Å². The number of Topliss-reactive ketones (excluding diaryl/α,β-unsaturated/α-hetero) is 1. The fourth-order valence-corrected chi connectivity index (χ4v) is 5.88. The lowest BCUT2D eigenvalue weighted by atomic mass is 10.0. The number of rotatable bonds is 7. The fraction of sp³-hybridized carbons (Fsp3) is 0.500.